The number of rotatable bonds is 3. The number of ether oxygens (including phenoxy) is 1. The Morgan fingerprint density at radius 3 is 2.63 bits per heavy atom. The van der Waals surface area contributed by atoms with Crippen molar-refractivity contribution in [3.05, 3.63) is 32.6 Å². The molecule has 1 aliphatic heterocycles. The third kappa shape index (κ3) is 2.35. The summed E-state index contributed by atoms with van der Waals surface area (Å²) in [6.45, 7) is 0.433. The van der Waals surface area contributed by atoms with Crippen LogP contribution in [-0.4, -0.2) is 43.3 Å². The van der Waals surface area contributed by atoms with Crippen molar-refractivity contribution in [2.24, 2.45) is 0 Å². The minimum absolute atomic E-state index is 0.133. The number of hydrogen-bond acceptors (Lipinski definition) is 6. The van der Waals surface area contributed by atoms with Gasteiger partial charge in [-0.05, 0) is 6.92 Å². The van der Waals surface area contributed by atoms with Crippen molar-refractivity contribution in [3.63, 3.8) is 0 Å². The predicted octanol–water partition coefficient (Wildman–Crippen LogP) is -2.09. The van der Waals surface area contributed by atoms with Gasteiger partial charge < -0.3 is 20.1 Å². The van der Waals surface area contributed by atoms with Gasteiger partial charge in [0.2, 0.25) is 0 Å². The molecule has 0 bridgehead atoms. The first-order chi connectivity index (χ1) is 8.99. The van der Waals surface area contributed by atoms with Gasteiger partial charge in [-0.1, -0.05) is 0 Å². The van der Waals surface area contributed by atoms with Crippen LogP contribution < -0.4 is 11.2 Å². The van der Waals surface area contributed by atoms with E-state index < -0.39 is 36.4 Å². The maximum absolute atomic E-state index is 12.0. The van der Waals surface area contributed by atoms with E-state index in [2.05, 4.69) is 0 Å². The van der Waals surface area contributed by atoms with Gasteiger partial charge in [0, 0.05) is 18.2 Å². The van der Waals surface area contributed by atoms with Crippen LogP contribution in [0.5, 0.6) is 0 Å². The average molecular weight is 272 g/mol. The van der Waals surface area contributed by atoms with Crippen LogP contribution in [0.4, 0.5) is 0 Å². The van der Waals surface area contributed by atoms with Gasteiger partial charge >= 0.3 is 5.69 Å². The van der Waals surface area contributed by atoms with E-state index in [1.54, 1.807) is 0 Å². The molecule has 0 aromatic carbocycles. The van der Waals surface area contributed by atoms with Gasteiger partial charge in [-0.3, -0.25) is 9.36 Å². The number of nitrogens with zero attached hydrogens (tertiary/aromatic N) is 2. The second kappa shape index (κ2) is 5.25. The van der Waals surface area contributed by atoms with Crippen LogP contribution in [0, 0.1) is 6.92 Å². The zero-order valence-corrected chi connectivity index (χ0v) is 10.4. The van der Waals surface area contributed by atoms with Gasteiger partial charge in [0.1, 0.15) is 19.1 Å². The van der Waals surface area contributed by atoms with Crippen LogP contribution in [0.1, 0.15) is 18.2 Å². The molecule has 0 spiro atoms. The van der Waals surface area contributed by atoms with Gasteiger partial charge in [-0.2, -0.15) is 0 Å². The Bertz CT molecular complexity index is 578. The first-order valence-electron chi connectivity index (χ1n) is 5.87. The number of aryl methyl sites for hydroxylation is 1. The number of aliphatic hydroxyl groups excluding tert-OH is 3. The van der Waals surface area contributed by atoms with Gasteiger partial charge in [-0.25, -0.2) is 9.36 Å². The SMILES string of the molecule is Cc1cn([C@H]2C[C@H](O)[C@@H](CO)O2)c(=O)n(CO)c1=O. The second-order valence-electron chi connectivity index (χ2n) is 4.49. The van der Waals surface area contributed by atoms with Gasteiger partial charge in [0.15, 0.2) is 0 Å². The minimum atomic E-state index is -0.878. The molecule has 3 N–H and O–H groups in total. The van der Waals surface area contributed by atoms with Crippen molar-refractivity contribution >= 4 is 0 Å². The summed E-state index contributed by atoms with van der Waals surface area (Å²) in [7, 11) is 0. The van der Waals surface area contributed by atoms with Gasteiger partial charge in [0.05, 0.1) is 12.7 Å². The highest BCUT2D eigenvalue weighted by molar-refractivity contribution is 5.03. The first-order valence-corrected chi connectivity index (χ1v) is 5.87. The molecule has 1 fully saturated rings. The maximum Gasteiger partial charge on any atom is 0.335 e. The van der Waals surface area contributed by atoms with Crippen molar-refractivity contribution in [1.29, 1.82) is 0 Å². The van der Waals surface area contributed by atoms with Crippen molar-refractivity contribution in [2.45, 2.75) is 38.5 Å². The Hall–Kier alpha value is -1.48. The third-order valence-electron chi connectivity index (χ3n) is 3.20. The first kappa shape index (κ1) is 13.9. The van der Waals surface area contributed by atoms with E-state index in [9.17, 15) is 14.7 Å². The molecule has 1 aromatic heterocycles. The van der Waals surface area contributed by atoms with Crippen LogP contribution >= 0.6 is 0 Å². The van der Waals surface area contributed by atoms with Crippen LogP contribution in [0.2, 0.25) is 0 Å². The van der Waals surface area contributed by atoms with Crippen LogP contribution in [0.25, 0.3) is 0 Å². The monoisotopic (exact) mass is 272 g/mol. The number of aromatic nitrogens is 2. The van der Waals surface area contributed by atoms with Crippen molar-refractivity contribution in [2.75, 3.05) is 6.61 Å². The van der Waals surface area contributed by atoms with Gasteiger partial charge in [0.25, 0.3) is 5.56 Å². The highest BCUT2D eigenvalue weighted by Crippen LogP contribution is 2.27. The summed E-state index contributed by atoms with van der Waals surface area (Å²) in [6.07, 6.45) is -0.942. The highest BCUT2D eigenvalue weighted by Gasteiger charge is 2.35. The molecule has 8 heteroatoms. The summed E-state index contributed by atoms with van der Waals surface area (Å²) in [4.78, 5) is 23.6. The smallest absolute Gasteiger partial charge is 0.335 e. The molecule has 3 atom stereocenters. The molecule has 0 radical (unpaired) electrons. The fourth-order valence-electron chi connectivity index (χ4n) is 2.14. The summed E-state index contributed by atoms with van der Waals surface area (Å²) in [5.41, 5.74) is -1.01. The Morgan fingerprint density at radius 2 is 2.11 bits per heavy atom. The molecular weight excluding hydrogens is 256 g/mol. The quantitative estimate of drug-likeness (QED) is 0.581. The van der Waals surface area contributed by atoms with E-state index in [4.69, 9.17) is 14.9 Å². The maximum atomic E-state index is 12.0. The Labute approximate surface area is 108 Å². The predicted molar refractivity (Wildman–Crippen MR) is 63.5 cm³/mol. The lowest BCUT2D eigenvalue weighted by Crippen LogP contribution is -2.42. The fraction of sp³-hybridized carbons (Fsp3) is 0.636. The summed E-state index contributed by atoms with van der Waals surface area (Å²) in [6, 6.07) is 0. The molecule has 2 heterocycles. The van der Waals surface area contributed by atoms with Crippen molar-refractivity contribution in [3.8, 4) is 0 Å². The molecule has 1 saturated heterocycles. The largest absolute Gasteiger partial charge is 0.394 e. The Kier molecular flexibility index (Phi) is 3.85. The summed E-state index contributed by atoms with van der Waals surface area (Å²) >= 11 is 0. The van der Waals surface area contributed by atoms with E-state index in [1.807, 2.05) is 0 Å². The summed E-state index contributed by atoms with van der Waals surface area (Å²) in [5, 5.41) is 27.7. The molecule has 1 aromatic rings. The number of aliphatic hydroxyl groups is 3. The topological polar surface area (TPSA) is 114 Å². The van der Waals surface area contributed by atoms with E-state index in [0.29, 0.717) is 4.57 Å². The molecule has 0 saturated carbocycles. The molecule has 0 unspecified atom stereocenters. The zero-order valence-electron chi connectivity index (χ0n) is 10.4. The van der Waals surface area contributed by atoms with E-state index >= 15 is 0 Å². The molecule has 2 rings (SSSR count). The zero-order chi connectivity index (χ0) is 14.2. The molecule has 8 nitrogen and oxygen atoms in total. The molecule has 1 aliphatic rings. The number of hydrogen-bond donors (Lipinski definition) is 3. The van der Waals surface area contributed by atoms with Crippen LogP contribution in [0.3, 0.4) is 0 Å². The normalized spacial score (nSPS) is 26.8. The molecule has 0 amide bonds. The standard InChI is InChI=1S/C11H16N2O6/c1-6-3-12(11(18)13(5-15)10(6)17)9-2-7(16)8(4-14)19-9/h3,7-9,14-16H,2,4-5H2,1H3/t7-,8+,9+/m0/s1. The van der Waals surface area contributed by atoms with Crippen molar-refractivity contribution in [1.82, 2.24) is 9.13 Å². The summed E-state index contributed by atoms with van der Waals surface area (Å²) in [5.74, 6) is 0. The lowest BCUT2D eigenvalue weighted by Gasteiger charge is -2.16. The van der Waals surface area contributed by atoms with E-state index in [-0.39, 0.29) is 18.6 Å². The Morgan fingerprint density at radius 1 is 1.42 bits per heavy atom. The molecular formula is C11H16N2O6. The third-order valence-corrected chi connectivity index (χ3v) is 3.20. The Balaban J connectivity index is 2.45. The fourth-order valence-corrected chi connectivity index (χ4v) is 2.14. The lowest BCUT2D eigenvalue weighted by molar-refractivity contribution is -0.0467. The van der Waals surface area contributed by atoms with Crippen molar-refractivity contribution < 1.29 is 20.1 Å². The van der Waals surface area contributed by atoms with Crippen LogP contribution in [0.15, 0.2) is 15.8 Å². The second-order valence-corrected chi connectivity index (χ2v) is 4.49. The van der Waals surface area contributed by atoms with Gasteiger partial charge in [-0.15, -0.1) is 0 Å². The van der Waals surface area contributed by atoms with E-state index in [0.717, 1.165) is 4.57 Å². The molecule has 106 valence electrons. The average Bonchev–Trinajstić information content (AvgIpc) is 2.75. The lowest BCUT2D eigenvalue weighted by atomic mass is 10.2. The highest BCUT2D eigenvalue weighted by atomic mass is 16.5. The van der Waals surface area contributed by atoms with Crippen LogP contribution in [-0.2, 0) is 11.5 Å². The van der Waals surface area contributed by atoms with E-state index in [1.165, 1.54) is 13.1 Å². The summed E-state index contributed by atoms with van der Waals surface area (Å²) < 4.78 is 7.17. The minimum Gasteiger partial charge on any atom is -0.394 e. The molecule has 19 heavy (non-hydrogen) atoms. The molecule has 0 aliphatic carbocycles.